The van der Waals surface area contributed by atoms with Crippen LogP contribution in [0.25, 0.3) is 0 Å². The SMILES string of the molecule is CCC1CN(CCCC(=O)NC)CCC1O. The molecule has 4 heteroatoms. The first kappa shape index (κ1) is 13.5. The predicted molar refractivity (Wildman–Crippen MR) is 64.1 cm³/mol. The number of nitrogens with one attached hydrogen (secondary N) is 1. The van der Waals surface area contributed by atoms with Gasteiger partial charge in [-0.15, -0.1) is 0 Å². The maximum absolute atomic E-state index is 11.1. The Kier molecular flexibility index (Phi) is 5.77. The molecule has 1 aliphatic heterocycles. The molecule has 0 aromatic rings. The molecule has 1 rings (SSSR count). The maximum atomic E-state index is 11.1. The summed E-state index contributed by atoms with van der Waals surface area (Å²) in [6.07, 6.45) is 3.30. The molecule has 1 saturated heterocycles. The van der Waals surface area contributed by atoms with Crippen molar-refractivity contribution in [3.05, 3.63) is 0 Å². The van der Waals surface area contributed by atoms with Gasteiger partial charge in [-0.25, -0.2) is 0 Å². The Bertz CT molecular complexity index is 221. The lowest BCUT2D eigenvalue weighted by molar-refractivity contribution is -0.120. The zero-order valence-electron chi connectivity index (χ0n) is 10.4. The zero-order chi connectivity index (χ0) is 12.0. The van der Waals surface area contributed by atoms with Crippen LogP contribution in [-0.4, -0.2) is 48.7 Å². The van der Waals surface area contributed by atoms with Crippen LogP contribution < -0.4 is 5.32 Å². The predicted octanol–water partition coefficient (Wildman–Crippen LogP) is 0.605. The summed E-state index contributed by atoms with van der Waals surface area (Å²) in [5, 5.41) is 12.4. The summed E-state index contributed by atoms with van der Waals surface area (Å²) in [5.74, 6) is 0.526. The van der Waals surface area contributed by atoms with Crippen molar-refractivity contribution in [2.24, 2.45) is 5.92 Å². The highest BCUT2D eigenvalue weighted by molar-refractivity contribution is 5.75. The monoisotopic (exact) mass is 228 g/mol. The summed E-state index contributed by atoms with van der Waals surface area (Å²) in [6, 6.07) is 0. The van der Waals surface area contributed by atoms with Gasteiger partial charge in [0.1, 0.15) is 0 Å². The van der Waals surface area contributed by atoms with Crippen LogP contribution in [0.5, 0.6) is 0 Å². The lowest BCUT2D eigenvalue weighted by atomic mass is 9.92. The van der Waals surface area contributed by atoms with Crippen LogP contribution in [0.1, 0.15) is 32.6 Å². The fraction of sp³-hybridized carbons (Fsp3) is 0.917. The molecule has 0 aromatic carbocycles. The molecule has 1 amide bonds. The van der Waals surface area contributed by atoms with Crippen molar-refractivity contribution in [3.8, 4) is 0 Å². The number of aliphatic hydroxyl groups is 1. The zero-order valence-corrected chi connectivity index (χ0v) is 10.4. The molecule has 0 aromatic heterocycles. The van der Waals surface area contributed by atoms with E-state index in [1.165, 1.54) is 0 Å². The average Bonchev–Trinajstić information content (AvgIpc) is 2.31. The summed E-state index contributed by atoms with van der Waals surface area (Å²) in [4.78, 5) is 13.4. The third-order valence-corrected chi connectivity index (χ3v) is 3.46. The number of likely N-dealkylation sites (tertiary alicyclic amines) is 1. The average molecular weight is 228 g/mol. The van der Waals surface area contributed by atoms with Crippen LogP contribution >= 0.6 is 0 Å². The van der Waals surface area contributed by atoms with Gasteiger partial charge < -0.3 is 15.3 Å². The van der Waals surface area contributed by atoms with Gasteiger partial charge in [-0.1, -0.05) is 6.92 Å². The standard InChI is InChI=1S/C12H24N2O2/c1-3-10-9-14(8-6-11(10)15)7-4-5-12(16)13-2/h10-11,15H,3-9H2,1-2H3,(H,13,16). The highest BCUT2D eigenvalue weighted by atomic mass is 16.3. The molecule has 1 fully saturated rings. The van der Waals surface area contributed by atoms with Gasteiger partial charge in [-0.05, 0) is 31.7 Å². The van der Waals surface area contributed by atoms with Crippen molar-refractivity contribution in [2.45, 2.75) is 38.7 Å². The molecule has 0 bridgehead atoms. The van der Waals surface area contributed by atoms with Gasteiger partial charge in [0.05, 0.1) is 6.10 Å². The third-order valence-electron chi connectivity index (χ3n) is 3.46. The van der Waals surface area contributed by atoms with E-state index in [4.69, 9.17) is 0 Å². The Morgan fingerprint density at radius 2 is 2.31 bits per heavy atom. The fourth-order valence-corrected chi connectivity index (χ4v) is 2.29. The lowest BCUT2D eigenvalue weighted by Crippen LogP contribution is -2.43. The minimum Gasteiger partial charge on any atom is -0.393 e. The molecule has 0 aliphatic carbocycles. The van der Waals surface area contributed by atoms with Crippen molar-refractivity contribution >= 4 is 5.91 Å². The van der Waals surface area contributed by atoms with Crippen molar-refractivity contribution < 1.29 is 9.90 Å². The van der Waals surface area contributed by atoms with Crippen LogP contribution in [-0.2, 0) is 4.79 Å². The molecule has 0 saturated carbocycles. The second-order valence-corrected chi connectivity index (χ2v) is 4.60. The molecular weight excluding hydrogens is 204 g/mol. The van der Waals surface area contributed by atoms with Gasteiger partial charge in [-0.2, -0.15) is 0 Å². The van der Waals surface area contributed by atoms with E-state index in [0.717, 1.165) is 38.9 Å². The fourth-order valence-electron chi connectivity index (χ4n) is 2.29. The van der Waals surface area contributed by atoms with Crippen LogP contribution in [0.3, 0.4) is 0 Å². The van der Waals surface area contributed by atoms with E-state index >= 15 is 0 Å². The van der Waals surface area contributed by atoms with E-state index in [-0.39, 0.29) is 12.0 Å². The van der Waals surface area contributed by atoms with Gasteiger partial charge in [0, 0.05) is 26.6 Å². The van der Waals surface area contributed by atoms with Gasteiger partial charge >= 0.3 is 0 Å². The number of carbonyl (C=O) groups is 1. The third kappa shape index (κ3) is 4.10. The Morgan fingerprint density at radius 1 is 1.56 bits per heavy atom. The van der Waals surface area contributed by atoms with Gasteiger partial charge in [0.2, 0.25) is 5.91 Å². The molecule has 2 N–H and O–H groups in total. The molecule has 0 radical (unpaired) electrons. The Labute approximate surface area is 98.0 Å². The van der Waals surface area contributed by atoms with Gasteiger partial charge in [-0.3, -0.25) is 4.79 Å². The van der Waals surface area contributed by atoms with E-state index in [9.17, 15) is 9.90 Å². The van der Waals surface area contributed by atoms with Crippen LogP contribution in [0.15, 0.2) is 0 Å². The quantitative estimate of drug-likeness (QED) is 0.725. The molecule has 0 spiro atoms. The van der Waals surface area contributed by atoms with Crippen molar-refractivity contribution in [1.82, 2.24) is 10.2 Å². The Hall–Kier alpha value is -0.610. The van der Waals surface area contributed by atoms with E-state index < -0.39 is 0 Å². The summed E-state index contributed by atoms with van der Waals surface area (Å²) in [6.45, 7) is 5.04. The molecule has 1 heterocycles. The number of aliphatic hydroxyl groups excluding tert-OH is 1. The van der Waals surface area contributed by atoms with Crippen molar-refractivity contribution in [3.63, 3.8) is 0 Å². The molecule has 2 unspecified atom stereocenters. The highest BCUT2D eigenvalue weighted by Gasteiger charge is 2.25. The smallest absolute Gasteiger partial charge is 0.219 e. The topological polar surface area (TPSA) is 52.6 Å². The summed E-state index contributed by atoms with van der Waals surface area (Å²) >= 11 is 0. The van der Waals surface area contributed by atoms with E-state index in [0.29, 0.717) is 12.3 Å². The molecule has 94 valence electrons. The number of nitrogens with zero attached hydrogens (tertiary/aromatic N) is 1. The van der Waals surface area contributed by atoms with Crippen molar-refractivity contribution in [2.75, 3.05) is 26.7 Å². The second kappa shape index (κ2) is 6.86. The highest BCUT2D eigenvalue weighted by Crippen LogP contribution is 2.20. The maximum Gasteiger partial charge on any atom is 0.219 e. The lowest BCUT2D eigenvalue weighted by Gasteiger charge is -2.35. The number of piperidine rings is 1. The number of carbonyl (C=O) groups excluding carboxylic acids is 1. The molecule has 4 nitrogen and oxygen atoms in total. The minimum absolute atomic E-state index is 0.115. The molecule has 16 heavy (non-hydrogen) atoms. The first-order chi connectivity index (χ1) is 7.67. The van der Waals surface area contributed by atoms with Crippen LogP contribution in [0.4, 0.5) is 0 Å². The van der Waals surface area contributed by atoms with Crippen LogP contribution in [0.2, 0.25) is 0 Å². The normalized spacial score (nSPS) is 26.7. The molecule has 2 atom stereocenters. The number of amides is 1. The Balaban J connectivity index is 2.20. The number of hydrogen-bond acceptors (Lipinski definition) is 3. The number of hydrogen-bond donors (Lipinski definition) is 2. The summed E-state index contributed by atoms with van der Waals surface area (Å²) in [7, 11) is 1.67. The summed E-state index contributed by atoms with van der Waals surface area (Å²) < 4.78 is 0. The first-order valence-electron chi connectivity index (χ1n) is 6.28. The van der Waals surface area contributed by atoms with E-state index in [1.54, 1.807) is 7.05 Å². The largest absolute Gasteiger partial charge is 0.393 e. The first-order valence-corrected chi connectivity index (χ1v) is 6.28. The van der Waals surface area contributed by atoms with Crippen LogP contribution in [0, 0.1) is 5.92 Å². The number of rotatable bonds is 5. The van der Waals surface area contributed by atoms with Gasteiger partial charge in [0.25, 0.3) is 0 Å². The Morgan fingerprint density at radius 3 is 2.94 bits per heavy atom. The minimum atomic E-state index is -0.125. The van der Waals surface area contributed by atoms with E-state index in [1.807, 2.05) is 0 Å². The second-order valence-electron chi connectivity index (χ2n) is 4.60. The van der Waals surface area contributed by atoms with Gasteiger partial charge in [0.15, 0.2) is 0 Å². The van der Waals surface area contributed by atoms with E-state index in [2.05, 4.69) is 17.1 Å². The molecular formula is C12H24N2O2. The van der Waals surface area contributed by atoms with Crippen molar-refractivity contribution in [1.29, 1.82) is 0 Å². The summed E-state index contributed by atoms with van der Waals surface area (Å²) in [5.41, 5.74) is 0. The molecule has 1 aliphatic rings.